The summed E-state index contributed by atoms with van der Waals surface area (Å²) in [5, 5.41) is 5.50. The van der Waals surface area contributed by atoms with Gasteiger partial charge in [-0.15, -0.1) is 0 Å². The van der Waals surface area contributed by atoms with Crippen LogP contribution >= 0.6 is 0 Å². The Balaban J connectivity index is 0.000000189. The molecule has 3 aromatic rings. The predicted octanol–water partition coefficient (Wildman–Crippen LogP) is 5.40. The van der Waals surface area contributed by atoms with Crippen LogP contribution in [0.1, 0.15) is 62.5 Å². The maximum absolute atomic E-state index is 13.4. The van der Waals surface area contributed by atoms with Crippen molar-refractivity contribution in [3.05, 3.63) is 89.5 Å². The highest BCUT2D eigenvalue weighted by Gasteiger charge is 2.49. The molecule has 2 fully saturated rings. The molecule has 2 spiro atoms. The lowest BCUT2D eigenvalue weighted by atomic mass is 10.1. The van der Waals surface area contributed by atoms with Gasteiger partial charge in [-0.25, -0.2) is 8.78 Å². The van der Waals surface area contributed by atoms with Crippen LogP contribution in [-0.2, 0) is 14.4 Å². The summed E-state index contributed by atoms with van der Waals surface area (Å²) in [6.45, 7) is -0.250. The first-order valence-corrected chi connectivity index (χ1v) is 16.0. The van der Waals surface area contributed by atoms with Gasteiger partial charge in [0, 0.05) is 22.9 Å². The molecule has 2 saturated carbocycles. The first kappa shape index (κ1) is 32.8. The molecule has 250 valence electrons. The number of aliphatic imine (C=N–C) groups is 2. The van der Waals surface area contributed by atoms with Gasteiger partial charge in [0.25, 0.3) is 11.8 Å². The number of methoxy groups -OCH3 is 2. The van der Waals surface area contributed by atoms with Crippen LogP contribution in [0.3, 0.4) is 0 Å². The van der Waals surface area contributed by atoms with Gasteiger partial charge in [-0.1, -0.05) is 0 Å². The SMILES string of the molecule is COc1ccc(C2=NC3(CCCC3)N(CC(=O)Nc3cc(F)cc(F)c3)C2=O)cc1.COc1ccc(C2=NC3(CCCC3)NC2=O)cc1. The predicted molar refractivity (Wildman–Crippen MR) is 176 cm³/mol. The second-order valence-corrected chi connectivity index (χ2v) is 12.4. The molecule has 7 rings (SSSR count). The largest absolute Gasteiger partial charge is 0.497 e. The number of carbonyl (C=O) groups is 3. The summed E-state index contributed by atoms with van der Waals surface area (Å²) >= 11 is 0. The lowest BCUT2D eigenvalue weighted by molar-refractivity contribution is -0.132. The quantitative estimate of drug-likeness (QED) is 0.353. The second kappa shape index (κ2) is 13.5. The van der Waals surface area contributed by atoms with Crippen molar-refractivity contribution in [2.24, 2.45) is 9.98 Å². The van der Waals surface area contributed by atoms with Crippen molar-refractivity contribution in [1.29, 1.82) is 0 Å². The van der Waals surface area contributed by atoms with Crippen LogP contribution in [-0.4, -0.2) is 66.1 Å². The Labute approximate surface area is 277 Å². The van der Waals surface area contributed by atoms with Crippen molar-refractivity contribution in [3.8, 4) is 11.5 Å². The minimum absolute atomic E-state index is 0.000846. The van der Waals surface area contributed by atoms with Crippen molar-refractivity contribution >= 4 is 34.8 Å². The zero-order chi connectivity index (χ0) is 33.9. The number of nitrogens with zero attached hydrogens (tertiary/aromatic N) is 3. The van der Waals surface area contributed by atoms with Gasteiger partial charge in [-0.2, -0.15) is 0 Å². The average molecular weight is 658 g/mol. The lowest BCUT2D eigenvalue weighted by Crippen LogP contribution is -2.48. The first-order valence-electron chi connectivity index (χ1n) is 16.0. The summed E-state index contributed by atoms with van der Waals surface area (Å²) in [4.78, 5) is 48.7. The van der Waals surface area contributed by atoms with Crippen molar-refractivity contribution < 1.29 is 32.6 Å². The Morgan fingerprint density at radius 3 is 1.85 bits per heavy atom. The number of anilines is 1. The van der Waals surface area contributed by atoms with Crippen LogP contribution in [0.15, 0.2) is 76.7 Å². The van der Waals surface area contributed by atoms with Gasteiger partial charge in [-0.05, 0) is 112 Å². The van der Waals surface area contributed by atoms with Gasteiger partial charge in [-0.3, -0.25) is 24.4 Å². The van der Waals surface area contributed by atoms with Gasteiger partial charge in [0.15, 0.2) is 0 Å². The van der Waals surface area contributed by atoms with Gasteiger partial charge in [0.05, 0.1) is 14.2 Å². The summed E-state index contributed by atoms with van der Waals surface area (Å²) < 4.78 is 37.1. The Morgan fingerprint density at radius 2 is 1.31 bits per heavy atom. The highest BCUT2D eigenvalue weighted by atomic mass is 19.1. The van der Waals surface area contributed by atoms with E-state index in [0.29, 0.717) is 35.6 Å². The summed E-state index contributed by atoms with van der Waals surface area (Å²) in [5.74, 6) is -1.05. The molecule has 2 aliphatic carbocycles. The van der Waals surface area contributed by atoms with Crippen molar-refractivity contribution in [2.45, 2.75) is 62.7 Å². The van der Waals surface area contributed by atoms with Crippen LogP contribution in [0.5, 0.6) is 11.5 Å². The Kier molecular flexibility index (Phi) is 9.25. The standard InChI is InChI=1S/C22H21F2N3O3.C14H16N2O2/c1-30-18-6-4-14(5-7-18)20-21(29)27(22(26-20)8-2-3-9-22)13-19(28)25-17-11-15(23)10-16(24)12-17;1-18-11-6-4-10(5-7-11)12-13(17)16-14(15-12)8-2-3-9-14/h4-7,10-12H,2-3,8-9,13H2,1H3,(H,25,28);4-7H,2-3,8-9H2,1H3,(H,16,17). The molecule has 0 aromatic heterocycles. The molecule has 0 atom stereocenters. The van der Waals surface area contributed by atoms with Crippen LogP contribution < -0.4 is 20.1 Å². The van der Waals surface area contributed by atoms with E-state index in [1.54, 1.807) is 38.5 Å². The molecule has 12 heteroatoms. The van der Waals surface area contributed by atoms with E-state index in [1.807, 2.05) is 24.3 Å². The van der Waals surface area contributed by atoms with Crippen molar-refractivity contribution in [2.75, 3.05) is 26.1 Å². The number of hydrogen-bond donors (Lipinski definition) is 2. The molecule has 48 heavy (non-hydrogen) atoms. The molecule has 2 heterocycles. The van der Waals surface area contributed by atoms with Crippen LogP contribution in [0.4, 0.5) is 14.5 Å². The Bertz CT molecular complexity index is 1740. The van der Waals surface area contributed by atoms with Crippen molar-refractivity contribution in [1.82, 2.24) is 10.2 Å². The lowest BCUT2D eigenvalue weighted by Gasteiger charge is -2.32. The topological polar surface area (TPSA) is 122 Å². The highest BCUT2D eigenvalue weighted by Crippen LogP contribution is 2.41. The van der Waals surface area contributed by atoms with Gasteiger partial charge >= 0.3 is 0 Å². The zero-order valence-electron chi connectivity index (χ0n) is 26.9. The molecule has 2 N–H and O–H groups in total. The van der Waals surface area contributed by atoms with Gasteiger partial charge < -0.3 is 25.0 Å². The zero-order valence-corrected chi connectivity index (χ0v) is 26.9. The van der Waals surface area contributed by atoms with E-state index in [4.69, 9.17) is 14.5 Å². The summed E-state index contributed by atoms with van der Waals surface area (Å²) in [5.41, 5.74) is 1.31. The van der Waals surface area contributed by atoms with Crippen LogP contribution in [0.25, 0.3) is 0 Å². The maximum atomic E-state index is 13.4. The molecule has 0 radical (unpaired) electrons. The third-order valence-electron chi connectivity index (χ3n) is 9.17. The fraction of sp³-hybridized carbons (Fsp3) is 0.361. The van der Waals surface area contributed by atoms with E-state index >= 15 is 0 Å². The smallest absolute Gasteiger partial charge is 0.275 e. The number of halogens is 2. The molecule has 4 aliphatic rings. The average Bonchev–Trinajstić information content (AvgIpc) is 3.87. The molecule has 0 bridgehead atoms. The number of benzene rings is 3. The van der Waals surface area contributed by atoms with Gasteiger partial charge in [0.1, 0.15) is 52.4 Å². The summed E-state index contributed by atoms with van der Waals surface area (Å²) in [7, 11) is 3.19. The summed E-state index contributed by atoms with van der Waals surface area (Å²) in [6.07, 6.45) is 7.33. The van der Waals surface area contributed by atoms with Crippen LogP contribution in [0, 0.1) is 11.6 Å². The molecule has 0 unspecified atom stereocenters. The highest BCUT2D eigenvalue weighted by molar-refractivity contribution is 6.47. The Morgan fingerprint density at radius 1 is 0.792 bits per heavy atom. The monoisotopic (exact) mass is 657 g/mol. The number of hydrogen-bond acceptors (Lipinski definition) is 7. The third kappa shape index (κ3) is 6.78. The number of rotatable bonds is 7. The molecule has 3 aromatic carbocycles. The number of nitrogens with one attached hydrogen (secondary N) is 2. The van der Waals surface area contributed by atoms with Gasteiger partial charge in [0.2, 0.25) is 5.91 Å². The van der Waals surface area contributed by atoms with E-state index in [-0.39, 0.29) is 29.7 Å². The number of ether oxygens (including phenoxy) is 2. The maximum Gasteiger partial charge on any atom is 0.275 e. The molecular formula is C36H37F2N5O5. The molecule has 3 amide bonds. The molecular weight excluding hydrogens is 620 g/mol. The minimum atomic E-state index is -0.792. The van der Waals surface area contributed by atoms with E-state index < -0.39 is 23.2 Å². The molecule has 10 nitrogen and oxygen atoms in total. The van der Waals surface area contributed by atoms with E-state index in [2.05, 4.69) is 15.6 Å². The first-order chi connectivity index (χ1) is 23.1. The van der Waals surface area contributed by atoms with E-state index in [9.17, 15) is 23.2 Å². The number of amides is 3. The minimum Gasteiger partial charge on any atom is -0.497 e. The fourth-order valence-electron chi connectivity index (χ4n) is 6.79. The second-order valence-electron chi connectivity index (χ2n) is 12.4. The van der Waals surface area contributed by atoms with Crippen LogP contribution in [0.2, 0.25) is 0 Å². The van der Waals surface area contributed by atoms with E-state index in [0.717, 1.165) is 68.0 Å². The Hall–Kier alpha value is -5.13. The van der Waals surface area contributed by atoms with Crippen molar-refractivity contribution in [3.63, 3.8) is 0 Å². The third-order valence-corrected chi connectivity index (χ3v) is 9.17. The number of carbonyl (C=O) groups excluding carboxylic acids is 3. The van der Waals surface area contributed by atoms with E-state index in [1.165, 1.54) is 4.90 Å². The fourth-order valence-corrected chi connectivity index (χ4v) is 6.79. The molecule has 2 aliphatic heterocycles. The summed E-state index contributed by atoms with van der Waals surface area (Å²) in [6, 6.07) is 17.3. The normalized spacial score (nSPS) is 18.7. The molecule has 0 saturated heterocycles.